The number of carbonyl (C=O) groups is 1. The lowest BCUT2D eigenvalue weighted by atomic mass is 10.2. The van der Waals surface area contributed by atoms with Crippen molar-refractivity contribution in [3.63, 3.8) is 0 Å². The first-order chi connectivity index (χ1) is 10.9. The first-order valence-corrected chi connectivity index (χ1v) is 7.87. The van der Waals surface area contributed by atoms with Crippen LogP contribution in [-0.2, 0) is 4.74 Å². The van der Waals surface area contributed by atoms with Crippen LogP contribution in [0.15, 0.2) is 22.7 Å². The Bertz CT molecular complexity index is 659. The summed E-state index contributed by atoms with van der Waals surface area (Å²) in [5.74, 6) is 0. The lowest BCUT2D eigenvalue weighted by molar-refractivity contribution is 0.0505. The molecule has 0 aromatic carbocycles. The van der Waals surface area contributed by atoms with Gasteiger partial charge in [-0.25, -0.2) is 9.78 Å². The molecular weight excluding hydrogens is 296 g/mol. The highest BCUT2D eigenvalue weighted by Crippen LogP contribution is 2.24. The van der Waals surface area contributed by atoms with Gasteiger partial charge in [-0.1, -0.05) is 0 Å². The molecule has 0 bridgehead atoms. The molecule has 7 heteroatoms. The molecule has 23 heavy (non-hydrogen) atoms. The highest BCUT2D eigenvalue weighted by Gasteiger charge is 2.28. The van der Waals surface area contributed by atoms with Gasteiger partial charge in [-0.3, -0.25) is 0 Å². The highest BCUT2D eigenvalue weighted by atomic mass is 16.6. The number of carbonyl (C=O) groups excluding carboxylic acids is 1. The topological polar surface area (TPSA) is 89.3 Å². The van der Waals surface area contributed by atoms with Crippen molar-refractivity contribution in [2.45, 2.75) is 57.7 Å². The van der Waals surface area contributed by atoms with Crippen molar-refractivity contribution in [1.29, 1.82) is 0 Å². The average molecular weight is 318 g/mol. The molecule has 1 aliphatic rings. The van der Waals surface area contributed by atoms with E-state index in [1.165, 1.54) is 0 Å². The van der Waals surface area contributed by atoms with Gasteiger partial charge in [0.2, 0.25) is 5.71 Å². The first kappa shape index (κ1) is 15.6. The zero-order chi connectivity index (χ0) is 16.4. The van der Waals surface area contributed by atoms with Gasteiger partial charge < -0.3 is 19.8 Å². The van der Waals surface area contributed by atoms with Crippen LogP contribution in [0.4, 0.5) is 10.8 Å². The van der Waals surface area contributed by atoms with Crippen molar-refractivity contribution in [2.24, 2.45) is 0 Å². The van der Waals surface area contributed by atoms with Crippen molar-refractivity contribution in [2.75, 3.05) is 5.32 Å². The van der Waals surface area contributed by atoms with Crippen LogP contribution in [0.3, 0.4) is 0 Å². The van der Waals surface area contributed by atoms with Gasteiger partial charge in [0, 0.05) is 18.3 Å². The molecule has 1 saturated carbocycles. The molecule has 1 fully saturated rings. The number of oxazole rings is 1. The van der Waals surface area contributed by atoms with Crippen LogP contribution >= 0.6 is 0 Å². The smallest absolute Gasteiger partial charge is 0.407 e. The second-order valence-electron chi connectivity index (χ2n) is 6.84. The standard InChI is InChI=1S/C16H22N4O3/c1-16(2,3)23-15(21)19-11-7-6-10(9-11)18-14-20-12-5-4-8-17-13(12)22-14/h4-5,8,10-11H,6-7,9H2,1-3H3,(H,18,20)(H,19,21)/t10-,11-/m0/s1. The van der Waals surface area contributed by atoms with Crippen molar-refractivity contribution in [3.8, 4) is 0 Å². The zero-order valence-corrected chi connectivity index (χ0v) is 13.6. The number of nitrogens with one attached hydrogen (secondary N) is 2. The van der Waals surface area contributed by atoms with Gasteiger partial charge in [0.05, 0.1) is 0 Å². The minimum Gasteiger partial charge on any atom is -0.444 e. The maximum Gasteiger partial charge on any atom is 0.407 e. The van der Waals surface area contributed by atoms with Crippen molar-refractivity contribution in [1.82, 2.24) is 15.3 Å². The van der Waals surface area contributed by atoms with E-state index in [1.807, 2.05) is 32.9 Å². The predicted molar refractivity (Wildman–Crippen MR) is 86.2 cm³/mol. The largest absolute Gasteiger partial charge is 0.444 e. The third-order valence-electron chi connectivity index (χ3n) is 3.65. The molecule has 2 aromatic rings. The average Bonchev–Trinajstić information content (AvgIpc) is 3.02. The van der Waals surface area contributed by atoms with E-state index in [1.54, 1.807) is 6.20 Å². The molecule has 0 saturated heterocycles. The van der Waals surface area contributed by atoms with Crippen LogP contribution in [0.5, 0.6) is 0 Å². The Morgan fingerprint density at radius 1 is 1.35 bits per heavy atom. The van der Waals surface area contributed by atoms with Gasteiger partial charge in [-0.2, -0.15) is 4.98 Å². The van der Waals surface area contributed by atoms with E-state index in [4.69, 9.17) is 9.15 Å². The van der Waals surface area contributed by atoms with Gasteiger partial charge in [0.15, 0.2) is 0 Å². The van der Waals surface area contributed by atoms with Crippen LogP contribution in [0.1, 0.15) is 40.0 Å². The van der Waals surface area contributed by atoms with Crippen LogP contribution in [0, 0.1) is 0 Å². The normalized spacial score (nSPS) is 21.3. The Labute approximate surface area is 134 Å². The van der Waals surface area contributed by atoms with Crippen molar-refractivity contribution >= 4 is 23.3 Å². The summed E-state index contributed by atoms with van der Waals surface area (Å²) in [6.07, 6.45) is 3.95. The lowest BCUT2D eigenvalue weighted by Gasteiger charge is -2.21. The number of ether oxygens (including phenoxy) is 1. The Balaban J connectivity index is 1.52. The number of hydrogen-bond acceptors (Lipinski definition) is 6. The van der Waals surface area contributed by atoms with Gasteiger partial charge in [-0.05, 0) is 52.2 Å². The summed E-state index contributed by atoms with van der Waals surface area (Å²) in [7, 11) is 0. The molecule has 3 rings (SSSR count). The number of pyridine rings is 1. The number of amides is 1. The fraction of sp³-hybridized carbons (Fsp3) is 0.562. The number of anilines is 1. The molecule has 0 spiro atoms. The van der Waals surface area contributed by atoms with Gasteiger partial charge in [-0.15, -0.1) is 0 Å². The third-order valence-corrected chi connectivity index (χ3v) is 3.65. The Hall–Kier alpha value is -2.31. The van der Waals surface area contributed by atoms with Gasteiger partial charge in [0.1, 0.15) is 11.1 Å². The minimum atomic E-state index is -0.481. The quantitative estimate of drug-likeness (QED) is 0.904. The minimum absolute atomic E-state index is 0.102. The predicted octanol–water partition coefficient (Wildman–Crippen LogP) is 3.08. The molecule has 2 N–H and O–H groups in total. The second kappa shape index (κ2) is 6.06. The number of aromatic nitrogens is 2. The third kappa shape index (κ3) is 4.12. The Morgan fingerprint density at radius 2 is 2.13 bits per heavy atom. The molecule has 1 aliphatic carbocycles. The number of nitrogens with zero attached hydrogens (tertiary/aromatic N) is 2. The number of hydrogen-bond donors (Lipinski definition) is 2. The second-order valence-corrected chi connectivity index (χ2v) is 6.84. The fourth-order valence-corrected chi connectivity index (χ4v) is 2.72. The summed E-state index contributed by atoms with van der Waals surface area (Å²) in [5, 5.41) is 6.19. The summed E-state index contributed by atoms with van der Waals surface area (Å²) >= 11 is 0. The summed E-state index contributed by atoms with van der Waals surface area (Å²) in [5.41, 5.74) is 0.777. The first-order valence-electron chi connectivity index (χ1n) is 7.87. The molecule has 124 valence electrons. The van der Waals surface area contributed by atoms with Crippen LogP contribution in [0.25, 0.3) is 11.2 Å². The van der Waals surface area contributed by atoms with Crippen molar-refractivity contribution < 1.29 is 13.9 Å². The van der Waals surface area contributed by atoms with Crippen molar-refractivity contribution in [3.05, 3.63) is 18.3 Å². The molecule has 7 nitrogen and oxygen atoms in total. The SMILES string of the molecule is CC(C)(C)OC(=O)N[C@H]1CC[C@H](Nc2nc3cccnc3o2)C1. The van der Waals surface area contributed by atoms with E-state index < -0.39 is 5.60 Å². The van der Waals surface area contributed by atoms with E-state index in [-0.39, 0.29) is 18.2 Å². The van der Waals surface area contributed by atoms with Gasteiger partial charge in [0.25, 0.3) is 6.01 Å². The summed E-state index contributed by atoms with van der Waals surface area (Å²) in [6, 6.07) is 4.47. The zero-order valence-electron chi connectivity index (χ0n) is 13.6. The Kier molecular flexibility index (Phi) is 4.11. The monoisotopic (exact) mass is 318 g/mol. The lowest BCUT2D eigenvalue weighted by Crippen LogP contribution is -2.38. The summed E-state index contributed by atoms with van der Waals surface area (Å²) in [4.78, 5) is 20.3. The number of alkyl carbamates (subject to hydrolysis) is 1. The van der Waals surface area contributed by atoms with E-state index in [0.29, 0.717) is 11.7 Å². The van der Waals surface area contributed by atoms with E-state index in [0.717, 1.165) is 24.8 Å². The molecule has 1 amide bonds. The number of fused-ring (bicyclic) bond motifs is 1. The highest BCUT2D eigenvalue weighted by molar-refractivity contribution is 5.69. The van der Waals surface area contributed by atoms with Crippen LogP contribution in [-0.4, -0.2) is 33.7 Å². The molecule has 2 atom stereocenters. The summed E-state index contributed by atoms with van der Waals surface area (Å²) < 4.78 is 10.9. The van der Waals surface area contributed by atoms with E-state index in [9.17, 15) is 4.79 Å². The molecule has 2 aromatic heterocycles. The fourth-order valence-electron chi connectivity index (χ4n) is 2.72. The molecule has 0 radical (unpaired) electrons. The maximum atomic E-state index is 11.8. The molecule has 0 unspecified atom stereocenters. The maximum absolute atomic E-state index is 11.8. The molecule has 2 heterocycles. The molecule has 0 aliphatic heterocycles. The van der Waals surface area contributed by atoms with E-state index >= 15 is 0 Å². The Morgan fingerprint density at radius 3 is 2.87 bits per heavy atom. The van der Waals surface area contributed by atoms with Crippen LogP contribution in [0.2, 0.25) is 0 Å². The molecular formula is C16H22N4O3. The van der Waals surface area contributed by atoms with Crippen LogP contribution < -0.4 is 10.6 Å². The van der Waals surface area contributed by atoms with E-state index in [2.05, 4.69) is 20.6 Å². The van der Waals surface area contributed by atoms with Gasteiger partial charge >= 0.3 is 6.09 Å². The summed E-state index contributed by atoms with van der Waals surface area (Å²) in [6.45, 7) is 5.56. The number of rotatable bonds is 3.